The Labute approximate surface area is 85.1 Å². The first kappa shape index (κ1) is 8.80. The van der Waals surface area contributed by atoms with Crippen molar-refractivity contribution in [3.8, 4) is 0 Å². The number of nitrogens with one attached hydrogen (secondary N) is 1. The van der Waals surface area contributed by atoms with Crippen LogP contribution < -0.4 is 5.32 Å². The summed E-state index contributed by atoms with van der Waals surface area (Å²) in [6, 6.07) is 1.85. The third-order valence-corrected chi connectivity index (χ3v) is 4.31. The van der Waals surface area contributed by atoms with Crippen molar-refractivity contribution in [1.82, 2.24) is 5.32 Å². The van der Waals surface area contributed by atoms with E-state index in [-0.39, 0.29) is 0 Å². The SMILES string of the molecule is FC1(F)[C@H]2CNCC[C@@]21c1ccsc1. The Morgan fingerprint density at radius 1 is 1.50 bits per heavy atom. The molecular formula is C10H11F2NS. The fourth-order valence-electron chi connectivity index (χ4n) is 2.76. The second-order valence-corrected chi connectivity index (χ2v) is 4.89. The monoisotopic (exact) mass is 215 g/mol. The average Bonchev–Trinajstić information content (AvgIpc) is 2.62. The zero-order valence-corrected chi connectivity index (χ0v) is 8.41. The van der Waals surface area contributed by atoms with E-state index in [0.29, 0.717) is 19.5 Å². The summed E-state index contributed by atoms with van der Waals surface area (Å²) in [5.74, 6) is -2.96. The molecule has 4 heteroatoms. The summed E-state index contributed by atoms with van der Waals surface area (Å²) < 4.78 is 27.4. The number of piperidine rings is 1. The summed E-state index contributed by atoms with van der Waals surface area (Å²) >= 11 is 1.51. The molecule has 1 aromatic rings. The average molecular weight is 215 g/mol. The topological polar surface area (TPSA) is 12.0 Å². The van der Waals surface area contributed by atoms with Crippen LogP contribution in [0, 0.1) is 5.92 Å². The predicted octanol–water partition coefficient (Wildman–Crippen LogP) is 2.24. The van der Waals surface area contributed by atoms with Crippen LogP contribution in [0.3, 0.4) is 0 Å². The van der Waals surface area contributed by atoms with E-state index in [1.54, 1.807) is 0 Å². The summed E-state index contributed by atoms with van der Waals surface area (Å²) in [4.78, 5) is 0. The van der Waals surface area contributed by atoms with Crippen molar-refractivity contribution in [3.05, 3.63) is 22.4 Å². The standard InChI is InChI=1S/C10H11F2NS/c11-10(12)8-5-13-3-2-9(8,10)7-1-4-14-6-7/h1,4,6,8,13H,2-3,5H2/t8-,9+/m0/s1. The number of hydrogen-bond acceptors (Lipinski definition) is 2. The molecule has 2 fully saturated rings. The number of rotatable bonds is 1. The van der Waals surface area contributed by atoms with Gasteiger partial charge in [0.1, 0.15) is 0 Å². The fourth-order valence-corrected chi connectivity index (χ4v) is 3.50. The zero-order valence-electron chi connectivity index (χ0n) is 7.59. The quantitative estimate of drug-likeness (QED) is 0.757. The van der Waals surface area contributed by atoms with E-state index in [1.165, 1.54) is 11.3 Å². The van der Waals surface area contributed by atoms with Crippen molar-refractivity contribution >= 4 is 11.3 Å². The maximum absolute atomic E-state index is 13.7. The highest BCUT2D eigenvalue weighted by Crippen LogP contribution is 2.69. The Morgan fingerprint density at radius 3 is 3.00 bits per heavy atom. The van der Waals surface area contributed by atoms with E-state index < -0.39 is 17.3 Å². The van der Waals surface area contributed by atoms with Crippen molar-refractivity contribution in [2.75, 3.05) is 13.1 Å². The normalized spacial score (nSPS) is 39.1. The van der Waals surface area contributed by atoms with Gasteiger partial charge in [0.25, 0.3) is 5.92 Å². The summed E-state index contributed by atoms with van der Waals surface area (Å²) in [5.41, 5.74) is 0.0251. The Morgan fingerprint density at radius 2 is 2.36 bits per heavy atom. The first-order chi connectivity index (χ1) is 6.69. The lowest BCUT2D eigenvalue weighted by molar-refractivity contribution is 0.0782. The van der Waals surface area contributed by atoms with E-state index in [2.05, 4.69) is 5.32 Å². The van der Waals surface area contributed by atoms with Gasteiger partial charge in [-0.05, 0) is 35.4 Å². The molecule has 1 saturated carbocycles. The van der Waals surface area contributed by atoms with E-state index in [0.717, 1.165) is 5.56 Å². The van der Waals surface area contributed by atoms with E-state index >= 15 is 0 Å². The van der Waals surface area contributed by atoms with Gasteiger partial charge in [0.05, 0.1) is 11.3 Å². The van der Waals surface area contributed by atoms with E-state index in [4.69, 9.17) is 0 Å². The van der Waals surface area contributed by atoms with Crippen molar-refractivity contribution in [3.63, 3.8) is 0 Å². The van der Waals surface area contributed by atoms with Gasteiger partial charge in [-0.25, -0.2) is 8.78 Å². The van der Waals surface area contributed by atoms with Crippen LogP contribution in [-0.2, 0) is 5.41 Å². The lowest BCUT2D eigenvalue weighted by Crippen LogP contribution is -2.31. The molecule has 1 saturated heterocycles. The van der Waals surface area contributed by atoms with Crippen molar-refractivity contribution in [2.24, 2.45) is 5.92 Å². The largest absolute Gasteiger partial charge is 0.316 e. The molecule has 2 heterocycles. The number of hydrogen-bond donors (Lipinski definition) is 1. The van der Waals surface area contributed by atoms with Gasteiger partial charge in [-0.2, -0.15) is 11.3 Å². The molecule has 1 aromatic heterocycles. The Bertz CT molecular complexity index is 349. The first-order valence-corrected chi connectivity index (χ1v) is 5.75. The van der Waals surface area contributed by atoms with Gasteiger partial charge < -0.3 is 5.32 Å². The Hall–Kier alpha value is -0.480. The third-order valence-electron chi connectivity index (χ3n) is 3.62. The summed E-state index contributed by atoms with van der Waals surface area (Å²) in [7, 11) is 0. The molecule has 1 aliphatic heterocycles. The maximum Gasteiger partial charge on any atom is 0.263 e. The van der Waals surface area contributed by atoms with Crippen molar-refractivity contribution < 1.29 is 8.78 Å². The molecule has 1 nitrogen and oxygen atoms in total. The second kappa shape index (κ2) is 2.55. The van der Waals surface area contributed by atoms with Crippen LogP contribution >= 0.6 is 11.3 Å². The number of thiophene rings is 1. The van der Waals surface area contributed by atoms with Crippen LogP contribution in [0.25, 0.3) is 0 Å². The van der Waals surface area contributed by atoms with Crippen molar-refractivity contribution in [1.29, 1.82) is 0 Å². The fraction of sp³-hybridized carbons (Fsp3) is 0.600. The maximum atomic E-state index is 13.7. The van der Waals surface area contributed by atoms with Gasteiger partial charge in [0.2, 0.25) is 0 Å². The molecule has 1 aliphatic carbocycles. The number of halogens is 2. The van der Waals surface area contributed by atoms with Crippen LogP contribution in [0.4, 0.5) is 8.78 Å². The van der Waals surface area contributed by atoms with Gasteiger partial charge in [-0.15, -0.1) is 0 Å². The lowest BCUT2D eigenvalue weighted by Gasteiger charge is -2.19. The zero-order chi connectivity index (χ0) is 9.81. The van der Waals surface area contributed by atoms with E-state index in [1.807, 2.05) is 16.8 Å². The van der Waals surface area contributed by atoms with Crippen molar-refractivity contribution in [2.45, 2.75) is 17.8 Å². The van der Waals surface area contributed by atoms with Crippen LogP contribution in [-0.4, -0.2) is 19.0 Å². The van der Waals surface area contributed by atoms with Gasteiger partial charge in [-0.1, -0.05) is 0 Å². The van der Waals surface area contributed by atoms with Crippen LogP contribution in [0.2, 0.25) is 0 Å². The highest BCUT2D eigenvalue weighted by molar-refractivity contribution is 7.08. The summed E-state index contributed by atoms with van der Waals surface area (Å²) in [6.07, 6.45) is 0.571. The Balaban J connectivity index is 2.04. The highest BCUT2D eigenvalue weighted by atomic mass is 32.1. The molecule has 76 valence electrons. The first-order valence-electron chi connectivity index (χ1n) is 4.81. The number of fused-ring (bicyclic) bond motifs is 1. The summed E-state index contributed by atoms with van der Waals surface area (Å²) in [6.45, 7) is 1.17. The third kappa shape index (κ3) is 0.816. The molecule has 2 atom stereocenters. The second-order valence-electron chi connectivity index (χ2n) is 4.11. The minimum absolute atomic E-state index is 0.461. The molecule has 0 bridgehead atoms. The molecule has 0 amide bonds. The minimum atomic E-state index is -2.49. The van der Waals surface area contributed by atoms with Gasteiger partial charge in [0.15, 0.2) is 0 Å². The van der Waals surface area contributed by atoms with Crippen LogP contribution in [0.5, 0.6) is 0 Å². The lowest BCUT2D eigenvalue weighted by atomic mass is 9.89. The van der Waals surface area contributed by atoms with Crippen LogP contribution in [0.15, 0.2) is 16.8 Å². The summed E-state index contributed by atoms with van der Waals surface area (Å²) in [5, 5.41) is 6.80. The molecule has 0 aromatic carbocycles. The molecule has 3 rings (SSSR count). The predicted molar refractivity (Wildman–Crippen MR) is 51.9 cm³/mol. The highest BCUT2D eigenvalue weighted by Gasteiger charge is 2.80. The van der Waals surface area contributed by atoms with Crippen LogP contribution in [0.1, 0.15) is 12.0 Å². The molecule has 14 heavy (non-hydrogen) atoms. The van der Waals surface area contributed by atoms with E-state index in [9.17, 15) is 8.78 Å². The molecule has 0 unspecified atom stereocenters. The minimum Gasteiger partial charge on any atom is -0.316 e. The smallest absolute Gasteiger partial charge is 0.263 e. The molecular weight excluding hydrogens is 204 g/mol. The number of alkyl halides is 2. The molecule has 1 N–H and O–H groups in total. The Kier molecular flexibility index (Phi) is 1.60. The molecule has 2 aliphatic rings. The molecule has 0 spiro atoms. The molecule has 0 radical (unpaired) electrons. The van der Waals surface area contributed by atoms with Gasteiger partial charge in [-0.3, -0.25) is 0 Å². The van der Waals surface area contributed by atoms with Gasteiger partial charge in [0, 0.05) is 6.54 Å². The van der Waals surface area contributed by atoms with Gasteiger partial charge >= 0.3 is 0 Å².